The number of benzene rings is 1. The lowest BCUT2D eigenvalue weighted by Gasteiger charge is -2.06. The first-order valence-electron chi connectivity index (χ1n) is 5.88. The van der Waals surface area contributed by atoms with E-state index >= 15 is 0 Å². The molecule has 0 unspecified atom stereocenters. The molecule has 0 atom stereocenters. The van der Waals surface area contributed by atoms with Gasteiger partial charge in [-0.05, 0) is 31.9 Å². The molecule has 0 fully saturated rings. The van der Waals surface area contributed by atoms with Crippen LogP contribution in [0.2, 0.25) is 0 Å². The zero-order valence-corrected chi connectivity index (χ0v) is 10.4. The van der Waals surface area contributed by atoms with Crippen LogP contribution in [0.4, 0.5) is 10.5 Å². The monoisotopic (exact) mass is 250 g/mol. The highest BCUT2D eigenvalue weighted by Crippen LogP contribution is 2.14. The van der Waals surface area contributed by atoms with Crippen LogP contribution in [0.25, 0.3) is 0 Å². The fraction of sp³-hybridized carbons (Fsp3) is 0.385. The Morgan fingerprint density at radius 2 is 2.11 bits per heavy atom. The van der Waals surface area contributed by atoms with E-state index in [1.165, 1.54) is 0 Å². The molecule has 0 heterocycles. The third kappa shape index (κ3) is 5.89. The molecule has 1 aromatic rings. The SMILES string of the molecule is CC(=O)CCCCNC(=O)Oc1cccc(N)c1. The third-order valence-corrected chi connectivity index (χ3v) is 2.29. The second kappa shape index (κ2) is 7.32. The second-order valence-corrected chi connectivity index (χ2v) is 4.05. The fourth-order valence-electron chi connectivity index (χ4n) is 1.41. The number of carbonyl (C=O) groups is 2. The maximum Gasteiger partial charge on any atom is 0.412 e. The summed E-state index contributed by atoms with van der Waals surface area (Å²) in [6, 6.07) is 6.67. The summed E-state index contributed by atoms with van der Waals surface area (Å²) in [5.41, 5.74) is 6.10. The quantitative estimate of drug-likeness (QED) is 0.598. The topological polar surface area (TPSA) is 81.4 Å². The van der Waals surface area contributed by atoms with Gasteiger partial charge in [0.2, 0.25) is 0 Å². The third-order valence-electron chi connectivity index (χ3n) is 2.29. The summed E-state index contributed by atoms with van der Waals surface area (Å²) in [5, 5.41) is 2.61. The molecule has 0 saturated heterocycles. The van der Waals surface area contributed by atoms with Gasteiger partial charge in [-0.1, -0.05) is 6.07 Å². The van der Waals surface area contributed by atoms with E-state index in [2.05, 4.69) is 5.32 Å². The van der Waals surface area contributed by atoms with Gasteiger partial charge in [0, 0.05) is 24.7 Å². The van der Waals surface area contributed by atoms with Gasteiger partial charge in [-0.2, -0.15) is 0 Å². The number of amides is 1. The summed E-state index contributed by atoms with van der Waals surface area (Å²) in [5.74, 6) is 0.577. The number of anilines is 1. The van der Waals surface area contributed by atoms with Gasteiger partial charge in [0.15, 0.2) is 0 Å². The highest BCUT2D eigenvalue weighted by molar-refractivity contribution is 5.75. The number of nitrogens with two attached hydrogens (primary N) is 1. The number of rotatable bonds is 6. The van der Waals surface area contributed by atoms with Gasteiger partial charge in [-0.25, -0.2) is 4.79 Å². The first kappa shape index (κ1) is 14.0. The molecular weight excluding hydrogens is 232 g/mol. The molecule has 0 spiro atoms. The van der Waals surface area contributed by atoms with Gasteiger partial charge in [0.05, 0.1) is 0 Å². The second-order valence-electron chi connectivity index (χ2n) is 4.05. The molecule has 5 nitrogen and oxygen atoms in total. The van der Waals surface area contributed by atoms with Gasteiger partial charge in [0.25, 0.3) is 0 Å². The number of unbranched alkanes of at least 4 members (excludes halogenated alkanes) is 1. The molecule has 0 aliphatic heterocycles. The maximum absolute atomic E-state index is 11.4. The van der Waals surface area contributed by atoms with Crippen molar-refractivity contribution in [1.29, 1.82) is 0 Å². The molecule has 0 aliphatic carbocycles. The van der Waals surface area contributed by atoms with E-state index in [4.69, 9.17) is 10.5 Å². The molecule has 0 radical (unpaired) electrons. The normalized spacial score (nSPS) is 9.83. The minimum atomic E-state index is -0.511. The van der Waals surface area contributed by atoms with Crippen molar-refractivity contribution in [2.75, 3.05) is 12.3 Å². The zero-order valence-electron chi connectivity index (χ0n) is 10.4. The standard InChI is InChI=1S/C13H18N2O3/c1-10(16)5-2-3-8-15-13(17)18-12-7-4-6-11(14)9-12/h4,6-7,9H,2-3,5,8,14H2,1H3,(H,15,17). The number of ether oxygens (including phenoxy) is 1. The van der Waals surface area contributed by atoms with Crippen molar-refractivity contribution in [3.8, 4) is 5.75 Å². The molecule has 0 aliphatic rings. The first-order valence-corrected chi connectivity index (χ1v) is 5.88. The molecule has 1 rings (SSSR count). The average molecular weight is 250 g/mol. The Hall–Kier alpha value is -2.04. The predicted octanol–water partition coefficient (Wildman–Crippen LogP) is 2.12. The zero-order chi connectivity index (χ0) is 13.4. The minimum absolute atomic E-state index is 0.164. The van der Waals surface area contributed by atoms with Crippen molar-refractivity contribution in [1.82, 2.24) is 5.32 Å². The molecule has 5 heteroatoms. The average Bonchev–Trinajstić information content (AvgIpc) is 2.28. The number of nitrogen functional groups attached to an aromatic ring is 1. The largest absolute Gasteiger partial charge is 0.412 e. The minimum Gasteiger partial charge on any atom is -0.410 e. The van der Waals surface area contributed by atoms with Crippen molar-refractivity contribution >= 4 is 17.6 Å². The number of carbonyl (C=O) groups excluding carboxylic acids is 2. The van der Waals surface area contributed by atoms with E-state index in [0.717, 1.165) is 12.8 Å². The van der Waals surface area contributed by atoms with Crippen LogP contribution >= 0.6 is 0 Å². The fourth-order valence-corrected chi connectivity index (χ4v) is 1.41. The molecular formula is C13H18N2O3. The smallest absolute Gasteiger partial charge is 0.410 e. The molecule has 0 aromatic heterocycles. The maximum atomic E-state index is 11.4. The van der Waals surface area contributed by atoms with Crippen LogP contribution in [0.5, 0.6) is 5.75 Å². The van der Waals surface area contributed by atoms with Gasteiger partial charge >= 0.3 is 6.09 Å². The molecule has 0 bridgehead atoms. The molecule has 0 saturated carbocycles. The Morgan fingerprint density at radius 1 is 1.33 bits per heavy atom. The van der Waals surface area contributed by atoms with Gasteiger partial charge in [-0.15, -0.1) is 0 Å². The molecule has 18 heavy (non-hydrogen) atoms. The van der Waals surface area contributed by atoms with E-state index < -0.39 is 6.09 Å². The van der Waals surface area contributed by atoms with Crippen molar-refractivity contribution in [2.24, 2.45) is 0 Å². The molecule has 3 N–H and O–H groups in total. The Bertz CT molecular complexity index is 418. The summed E-state index contributed by atoms with van der Waals surface area (Å²) in [6.45, 7) is 2.05. The number of ketones is 1. The summed E-state index contributed by atoms with van der Waals surface area (Å²) in [6.07, 6.45) is 1.56. The van der Waals surface area contributed by atoms with E-state index in [1.807, 2.05) is 0 Å². The number of hydrogen-bond acceptors (Lipinski definition) is 4. The number of nitrogens with one attached hydrogen (secondary N) is 1. The van der Waals surface area contributed by atoms with Crippen molar-refractivity contribution in [3.05, 3.63) is 24.3 Å². The highest BCUT2D eigenvalue weighted by atomic mass is 16.6. The van der Waals surface area contributed by atoms with Crippen LogP contribution in [-0.2, 0) is 4.79 Å². The number of Topliss-reactive ketones (excluding diaryl/α,β-unsaturated/α-hetero) is 1. The molecule has 98 valence electrons. The summed E-state index contributed by atoms with van der Waals surface area (Å²) in [4.78, 5) is 22.1. The lowest BCUT2D eigenvalue weighted by molar-refractivity contribution is -0.117. The van der Waals surface area contributed by atoms with Crippen LogP contribution in [0.1, 0.15) is 26.2 Å². The lowest BCUT2D eigenvalue weighted by Crippen LogP contribution is -2.27. The Kier molecular flexibility index (Phi) is 5.70. The van der Waals surface area contributed by atoms with Crippen molar-refractivity contribution in [2.45, 2.75) is 26.2 Å². The summed E-state index contributed by atoms with van der Waals surface area (Å²) < 4.78 is 5.03. The lowest BCUT2D eigenvalue weighted by atomic mass is 10.2. The van der Waals surface area contributed by atoms with Gasteiger partial charge < -0.3 is 20.6 Å². The van der Waals surface area contributed by atoms with Crippen LogP contribution in [0.15, 0.2) is 24.3 Å². The molecule has 1 amide bonds. The Morgan fingerprint density at radius 3 is 2.78 bits per heavy atom. The van der Waals surface area contributed by atoms with Crippen LogP contribution in [0.3, 0.4) is 0 Å². The predicted molar refractivity (Wildman–Crippen MR) is 69.4 cm³/mol. The number of hydrogen-bond donors (Lipinski definition) is 2. The van der Waals surface area contributed by atoms with E-state index in [-0.39, 0.29) is 5.78 Å². The highest BCUT2D eigenvalue weighted by Gasteiger charge is 2.03. The first-order chi connectivity index (χ1) is 8.58. The van der Waals surface area contributed by atoms with Crippen LogP contribution < -0.4 is 15.8 Å². The molecule has 1 aromatic carbocycles. The van der Waals surface area contributed by atoms with Crippen LogP contribution in [0, 0.1) is 0 Å². The van der Waals surface area contributed by atoms with Crippen molar-refractivity contribution < 1.29 is 14.3 Å². The summed E-state index contributed by atoms with van der Waals surface area (Å²) in [7, 11) is 0. The van der Waals surface area contributed by atoms with E-state index in [9.17, 15) is 9.59 Å². The van der Waals surface area contributed by atoms with Crippen molar-refractivity contribution in [3.63, 3.8) is 0 Å². The summed E-state index contributed by atoms with van der Waals surface area (Å²) >= 11 is 0. The van der Waals surface area contributed by atoms with Gasteiger partial charge in [0.1, 0.15) is 11.5 Å². The Labute approximate surface area is 106 Å². The van der Waals surface area contributed by atoms with Gasteiger partial charge in [-0.3, -0.25) is 0 Å². The Balaban J connectivity index is 2.20. The van der Waals surface area contributed by atoms with Crippen LogP contribution in [-0.4, -0.2) is 18.4 Å². The van der Waals surface area contributed by atoms with E-state index in [1.54, 1.807) is 31.2 Å². The van der Waals surface area contributed by atoms with E-state index in [0.29, 0.717) is 24.4 Å².